The van der Waals surface area contributed by atoms with Crippen LogP contribution in [0.1, 0.15) is 18.3 Å². The first-order valence-corrected chi connectivity index (χ1v) is 5.95. The standard InChI is InChI=1S/C14H16N4O/c1-10-12(17-9-8-16-10)14(2,13(15)19)18-11-6-4-3-5-7-11/h3-9,18H,1-2H3,(H2,15,19). The molecule has 0 bridgehead atoms. The second kappa shape index (κ2) is 5.06. The van der Waals surface area contributed by atoms with Crippen LogP contribution in [-0.2, 0) is 10.3 Å². The van der Waals surface area contributed by atoms with E-state index in [9.17, 15) is 4.79 Å². The number of carbonyl (C=O) groups is 1. The molecule has 0 aliphatic heterocycles. The quantitative estimate of drug-likeness (QED) is 0.870. The maximum atomic E-state index is 11.9. The van der Waals surface area contributed by atoms with Gasteiger partial charge >= 0.3 is 0 Å². The molecule has 0 saturated heterocycles. The Kier molecular flexibility index (Phi) is 3.46. The van der Waals surface area contributed by atoms with E-state index in [1.54, 1.807) is 26.2 Å². The van der Waals surface area contributed by atoms with E-state index in [1.807, 2.05) is 30.3 Å². The molecule has 0 fully saturated rings. The van der Waals surface area contributed by atoms with Gasteiger partial charge in [-0.2, -0.15) is 0 Å². The predicted octanol–water partition coefficient (Wildman–Crippen LogP) is 1.60. The topological polar surface area (TPSA) is 80.9 Å². The zero-order valence-corrected chi connectivity index (χ0v) is 10.9. The average molecular weight is 256 g/mol. The summed E-state index contributed by atoms with van der Waals surface area (Å²) in [5, 5.41) is 3.13. The molecular weight excluding hydrogens is 240 g/mol. The van der Waals surface area contributed by atoms with Gasteiger partial charge in [-0.05, 0) is 26.0 Å². The first-order chi connectivity index (χ1) is 9.04. The fraction of sp³-hybridized carbons (Fsp3) is 0.214. The molecule has 2 rings (SSSR count). The van der Waals surface area contributed by atoms with Crippen molar-refractivity contribution in [3.8, 4) is 0 Å². The molecule has 5 nitrogen and oxygen atoms in total. The Morgan fingerprint density at radius 3 is 2.42 bits per heavy atom. The number of hydrogen-bond acceptors (Lipinski definition) is 4. The highest BCUT2D eigenvalue weighted by atomic mass is 16.1. The molecule has 0 saturated carbocycles. The third kappa shape index (κ3) is 2.54. The normalized spacial score (nSPS) is 13.6. The van der Waals surface area contributed by atoms with Gasteiger partial charge in [0, 0.05) is 18.1 Å². The summed E-state index contributed by atoms with van der Waals surface area (Å²) in [4.78, 5) is 20.3. The Morgan fingerprint density at radius 2 is 1.84 bits per heavy atom. The molecular formula is C14H16N4O. The number of primary amides is 1. The second-order valence-electron chi connectivity index (χ2n) is 4.47. The van der Waals surface area contributed by atoms with Crippen molar-refractivity contribution >= 4 is 11.6 Å². The van der Waals surface area contributed by atoms with E-state index in [-0.39, 0.29) is 0 Å². The van der Waals surface area contributed by atoms with E-state index in [2.05, 4.69) is 15.3 Å². The van der Waals surface area contributed by atoms with Crippen LogP contribution < -0.4 is 11.1 Å². The zero-order chi connectivity index (χ0) is 13.9. The molecule has 2 aromatic rings. The molecule has 0 radical (unpaired) electrons. The predicted molar refractivity (Wildman–Crippen MR) is 73.4 cm³/mol. The summed E-state index contributed by atoms with van der Waals surface area (Å²) in [6.45, 7) is 3.51. The van der Waals surface area contributed by atoms with Crippen LogP contribution in [-0.4, -0.2) is 15.9 Å². The highest BCUT2D eigenvalue weighted by Crippen LogP contribution is 2.25. The van der Waals surface area contributed by atoms with Crippen molar-refractivity contribution in [1.82, 2.24) is 9.97 Å². The second-order valence-corrected chi connectivity index (χ2v) is 4.47. The smallest absolute Gasteiger partial charge is 0.249 e. The molecule has 5 heteroatoms. The molecule has 1 heterocycles. The average Bonchev–Trinajstić information content (AvgIpc) is 2.40. The number of para-hydroxylation sites is 1. The van der Waals surface area contributed by atoms with Crippen LogP contribution in [0.2, 0.25) is 0 Å². The minimum atomic E-state index is -1.10. The van der Waals surface area contributed by atoms with E-state index in [4.69, 9.17) is 5.73 Å². The van der Waals surface area contributed by atoms with E-state index in [0.29, 0.717) is 11.4 Å². The summed E-state index contributed by atoms with van der Waals surface area (Å²) in [7, 11) is 0. The maximum absolute atomic E-state index is 11.9. The summed E-state index contributed by atoms with van der Waals surface area (Å²) in [6.07, 6.45) is 3.14. The Labute approximate surface area is 111 Å². The number of anilines is 1. The monoisotopic (exact) mass is 256 g/mol. The van der Waals surface area contributed by atoms with Gasteiger partial charge in [-0.25, -0.2) is 0 Å². The number of nitrogens with one attached hydrogen (secondary N) is 1. The summed E-state index contributed by atoms with van der Waals surface area (Å²) < 4.78 is 0. The molecule has 1 amide bonds. The molecule has 19 heavy (non-hydrogen) atoms. The summed E-state index contributed by atoms with van der Waals surface area (Å²) in [5.41, 5.74) is 6.46. The highest BCUT2D eigenvalue weighted by Gasteiger charge is 2.36. The Bertz CT molecular complexity index is 585. The first kappa shape index (κ1) is 13.0. The molecule has 3 N–H and O–H groups in total. The summed E-state index contributed by atoms with van der Waals surface area (Å²) in [5.74, 6) is -0.500. The Balaban J connectivity index is 2.45. The number of benzene rings is 1. The van der Waals surface area contributed by atoms with E-state index < -0.39 is 11.4 Å². The number of nitrogens with two attached hydrogens (primary N) is 1. The first-order valence-electron chi connectivity index (χ1n) is 5.95. The Hall–Kier alpha value is -2.43. The summed E-state index contributed by atoms with van der Waals surface area (Å²) in [6, 6.07) is 9.40. The third-order valence-electron chi connectivity index (χ3n) is 3.02. The van der Waals surface area contributed by atoms with Crippen LogP contribution in [0, 0.1) is 6.92 Å². The van der Waals surface area contributed by atoms with Crippen LogP contribution in [0.4, 0.5) is 5.69 Å². The van der Waals surface area contributed by atoms with Crippen LogP contribution >= 0.6 is 0 Å². The number of rotatable bonds is 4. The zero-order valence-electron chi connectivity index (χ0n) is 10.9. The lowest BCUT2D eigenvalue weighted by molar-refractivity contribution is -0.122. The van der Waals surface area contributed by atoms with Crippen LogP contribution in [0.25, 0.3) is 0 Å². The van der Waals surface area contributed by atoms with Crippen molar-refractivity contribution in [3.63, 3.8) is 0 Å². The lowest BCUT2D eigenvalue weighted by Gasteiger charge is -2.28. The number of aromatic nitrogens is 2. The van der Waals surface area contributed by atoms with Gasteiger partial charge in [-0.15, -0.1) is 0 Å². The van der Waals surface area contributed by atoms with Crippen molar-refractivity contribution in [2.45, 2.75) is 19.4 Å². The van der Waals surface area contributed by atoms with Gasteiger partial charge in [0.05, 0.1) is 11.4 Å². The Morgan fingerprint density at radius 1 is 1.21 bits per heavy atom. The maximum Gasteiger partial charge on any atom is 0.249 e. The SMILES string of the molecule is Cc1nccnc1C(C)(Nc1ccccc1)C(N)=O. The van der Waals surface area contributed by atoms with Gasteiger partial charge in [0.1, 0.15) is 0 Å². The van der Waals surface area contributed by atoms with Crippen LogP contribution in [0.3, 0.4) is 0 Å². The number of aryl methyl sites for hydroxylation is 1. The molecule has 1 aromatic carbocycles. The molecule has 98 valence electrons. The fourth-order valence-corrected chi connectivity index (χ4v) is 1.95. The van der Waals surface area contributed by atoms with Gasteiger partial charge in [0.2, 0.25) is 5.91 Å². The fourth-order valence-electron chi connectivity index (χ4n) is 1.95. The lowest BCUT2D eigenvalue weighted by atomic mass is 9.94. The van der Waals surface area contributed by atoms with Crippen molar-refractivity contribution in [1.29, 1.82) is 0 Å². The number of amides is 1. The molecule has 0 aliphatic carbocycles. The highest BCUT2D eigenvalue weighted by molar-refractivity contribution is 5.88. The van der Waals surface area contributed by atoms with Gasteiger partial charge in [0.25, 0.3) is 0 Å². The largest absolute Gasteiger partial charge is 0.367 e. The van der Waals surface area contributed by atoms with Gasteiger partial charge in [0.15, 0.2) is 5.54 Å². The van der Waals surface area contributed by atoms with Crippen molar-refractivity contribution in [2.24, 2.45) is 5.73 Å². The van der Waals surface area contributed by atoms with Gasteiger partial charge in [-0.1, -0.05) is 18.2 Å². The van der Waals surface area contributed by atoms with E-state index in [1.165, 1.54) is 0 Å². The van der Waals surface area contributed by atoms with Crippen molar-refractivity contribution in [2.75, 3.05) is 5.32 Å². The molecule has 0 aliphatic rings. The van der Waals surface area contributed by atoms with Gasteiger partial charge < -0.3 is 11.1 Å². The number of carbonyl (C=O) groups excluding carboxylic acids is 1. The summed E-state index contributed by atoms with van der Waals surface area (Å²) >= 11 is 0. The molecule has 0 spiro atoms. The number of nitrogens with zero attached hydrogens (tertiary/aromatic N) is 2. The number of hydrogen-bond donors (Lipinski definition) is 2. The molecule has 1 aromatic heterocycles. The van der Waals surface area contributed by atoms with Crippen LogP contribution in [0.15, 0.2) is 42.7 Å². The molecule has 1 atom stereocenters. The third-order valence-corrected chi connectivity index (χ3v) is 3.02. The van der Waals surface area contributed by atoms with E-state index >= 15 is 0 Å². The van der Waals surface area contributed by atoms with Crippen molar-refractivity contribution < 1.29 is 4.79 Å². The minimum absolute atomic E-state index is 0.500. The molecule has 1 unspecified atom stereocenters. The van der Waals surface area contributed by atoms with Gasteiger partial charge in [-0.3, -0.25) is 14.8 Å². The van der Waals surface area contributed by atoms with Crippen LogP contribution in [0.5, 0.6) is 0 Å². The minimum Gasteiger partial charge on any atom is -0.367 e. The van der Waals surface area contributed by atoms with Crippen molar-refractivity contribution in [3.05, 3.63) is 54.1 Å². The lowest BCUT2D eigenvalue weighted by Crippen LogP contribution is -2.46. The van der Waals surface area contributed by atoms with E-state index in [0.717, 1.165) is 5.69 Å².